The van der Waals surface area contributed by atoms with Crippen LogP contribution in [0.25, 0.3) is 0 Å². The molecule has 0 atom stereocenters. The summed E-state index contributed by atoms with van der Waals surface area (Å²) >= 11 is 0. The summed E-state index contributed by atoms with van der Waals surface area (Å²) in [5.41, 5.74) is 0. The smallest absolute Gasteiger partial charge is 0.219 e. The van der Waals surface area contributed by atoms with E-state index in [1.807, 2.05) is 4.90 Å². The number of carbonyl (C=O) groups is 1. The van der Waals surface area contributed by atoms with Crippen LogP contribution in [-0.2, 0) is 4.79 Å². The Bertz CT molecular complexity index is 305. The van der Waals surface area contributed by atoms with E-state index in [2.05, 4.69) is 17.1 Å². The van der Waals surface area contributed by atoms with Gasteiger partial charge in [0.15, 0.2) is 0 Å². The lowest BCUT2D eigenvalue weighted by Gasteiger charge is -2.33. The summed E-state index contributed by atoms with van der Waals surface area (Å²) in [5, 5.41) is 3.76. The second-order valence-electron chi connectivity index (χ2n) is 6.81. The summed E-state index contributed by atoms with van der Waals surface area (Å²) in [5.74, 6) is 1.05. The summed E-state index contributed by atoms with van der Waals surface area (Å²) in [6, 6.07) is 0.732. The molecule has 0 aromatic rings. The van der Waals surface area contributed by atoms with Crippen LogP contribution in [0.4, 0.5) is 0 Å². The maximum absolute atomic E-state index is 11.3. The fourth-order valence-corrected chi connectivity index (χ4v) is 3.71. The van der Waals surface area contributed by atoms with Crippen molar-refractivity contribution in [3.05, 3.63) is 0 Å². The van der Waals surface area contributed by atoms with Gasteiger partial charge >= 0.3 is 0 Å². The molecule has 122 valence electrons. The molecule has 1 amide bonds. The number of likely N-dealkylation sites (tertiary alicyclic amines) is 2. The summed E-state index contributed by atoms with van der Waals surface area (Å²) < 4.78 is 0. The zero-order valence-electron chi connectivity index (χ0n) is 13.9. The van der Waals surface area contributed by atoms with Gasteiger partial charge in [-0.2, -0.15) is 0 Å². The van der Waals surface area contributed by atoms with E-state index < -0.39 is 0 Å². The quantitative estimate of drug-likeness (QED) is 0.815. The average Bonchev–Trinajstić information content (AvgIpc) is 2.50. The molecule has 4 heteroatoms. The molecule has 2 aliphatic heterocycles. The van der Waals surface area contributed by atoms with Gasteiger partial charge in [0.1, 0.15) is 0 Å². The van der Waals surface area contributed by atoms with Gasteiger partial charge in [0.05, 0.1) is 0 Å². The zero-order chi connectivity index (χ0) is 15.1. The summed E-state index contributed by atoms with van der Waals surface area (Å²) in [6.45, 7) is 10.8. The third-order valence-corrected chi connectivity index (χ3v) is 5.17. The third-order valence-electron chi connectivity index (χ3n) is 5.17. The van der Waals surface area contributed by atoms with Crippen LogP contribution in [0.2, 0.25) is 0 Å². The highest BCUT2D eigenvalue weighted by Gasteiger charge is 2.21. The van der Waals surface area contributed by atoms with E-state index in [1.165, 1.54) is 58.2 Å². The number of nitrogens with zero attached hydrogens (tertiary/aromatic N) is 2. The lowest BCUT2D eigenvalue weighted by atomic mass is 9.93. The van der Waals surface area contributed by atoms with Gasteiger partial charge in [-0.05, 0) is 70.6 Å². The summed E-state index contributed by atoms with van der Waals surface area (Å²) in [4.78, 5) is 15.9. The van der Waals surface area contributed by atoms with E-state index >= 15 is 0 Å². The molecule has 0 unspecified atom stereocenters. The summed E-state index contributed by atoms with van der Waals surface area (Å²) in [7, 11) is 0. The maximum atomic E-state index is 11.3. The molecule has 2 heterocycles. The number of hydrogen-bond donors (Lipinski definition) is 1. The van der Waals surface area contributed by atoms with Crippen LogP contribution >= 0.6 is 0 Å². The van der Waals surface area contributed by atoms with Crippen LogP contribution in [0.3, 0.4) is 0 Å². The molecule has 2 saturated heterocycles. The zero-order valence-corrected chi connectivity index (χ0v) is 13.9. The minimum absolute atomic E-state index is 0.241. The van der Waals surface area contributed by atoms with Crippen molar-refractivity contribution < 1.29 is 4.79 Å². The van der Waals surface area contributed by atoms with Crippen LogP contribution < -0.4 is 5.32 Å². The average molecular weight is 295 g/mol. The normalized spacial score (nSPS) is 22.7. The molecule has 2 fully saturated rings. The number of rotatable bonds is 6. The van der Waals surface area contributed by atoms with E-state index in [9.17, 15) is 4.79 Å². The molecular formula is C17H33N3O. The van der Waals surface area contributed by atoms with E-state index in [1.54, 1.807) is 6.92 Å². The fraction of sp³-hybridized carbons (Fsp3) is 0.941. The van der Waals surface area contributed by atoms with Crippen LogP contribution in [0.5, 0.6) is 0 Å². The van der Waals surface area contributed by atoms with Crippen LogP contribution in [0.1, 0.15) is 52.4 Å². The fourth-order valence-electron chi connectivity index (χ4n) is 3.71. The minimum Gasteiger partial charge on any atom is -0.343 e. The van der Waals surface area contributed by atoms with Crippen molar-refractivity contribution in [3.63, 3.8) is 0 Å². The van der Waals surface area contributed by atoms with Crippen molar-refractivity contribution in [2.75, 3.05) is 39.3 Å². The topological polar surface area (TPSA) is 35.6 Å². The summed E-state index contributed by atoms with van der Waals surface area (Å²) in [6.07, 6.45) is 7.55. The first kappa shape index (κ1) is 16.8. The first-order valence-corrected chi connectivity index (χ1v) is 8.90. The number of nitrogens with one attached hydrogen (secondary N) is 1. The number of hydrogen-bond acceptors (Lipinski definition) is 3. The van der Waals surface area contributed by atoms with Gasteiger partial charge in [-0.25, -0.2) is 0 Å². The molecule has 0 spiro atoms. The van der Waals surface area contributed by atoms with E-state index in [4.69, 9.17) is 0 Å². The lowest BCUT2D eigenvalue weighted by Crippen LogP contribution is -2.43. The predicted octanol–water partition coefficient (Wildman–Crippen LogP) is 2.10. The lowest BCUT2D eigenvalue weighted by molar-refractivity contribution is -0.130. The molecule has 2 rings (SSSR count). The van der Waals surface area contributed by atoms with Crippen LogP contribution in [-0.4, -0.2) is 61.0 Å². The van der Waals surface area contributed by atoms with E-state index in [0.29, 0.717) is 0 Å². The first-order valence-electron chi connectivity index (χ1n) is 8.90. The highest BCUT2D eigenvalue weighted by molar-refractivity contribution is 5.73. The third kappa shape index (κ3) is 5.59. The van der Waals surface area contributed by atoms with Crippen LogP contribution in [0.15, 0.2) is 0 Å². The molecule has 4 nitrogen and oxygen atoms in total. The molecule has 0 bridgehead atoms. The highest BCUT2D eigenvalue weighted by Crippen LogP contribution is 2.20. The Labute approximate surface area is 130 Å². The first-order chi connectivity index (χ1) is 10.2. The second-order valence-corrected chi connectivity index (χ2v) is 6.81. The maximum Gasteiger partial charge on any atom is 0.219 e. The Balaban J connectivity index is 1.54. The molecule has 0 aromatic heterocycles. The highest BCUT2D eigenvalue weighted by atomic mass is 16.2. The molecule has 2 aliphatic rings. The van der Waals surface area contributed by atoms with Gasteiger partial charge in [-0.1, -0.05) is 6.92 Å². The van der Waals surface area contributed by atoms with Gasteiger partial charge in [-0.15, -0.1) is 0 Å². The number of carbonyl (C=O) groups excluding carboxylic acids is 1. The van der Waals surface area contributed by atoms with Gasteiger partial charge in [-0.3, -0.25) is 4.79 Å². The van der Waals surface area contributed by atoms with E-state index in [0.717, 1.165) is 31.6 Å². The molecule has 0 aromatic carbocycles. The Morgan fingerprint density at radius 2 is 1.76 bits per heavy atom. The standard InChI is InChI=1S/C17H33N3O/c1-3-10-19-11-7-17(8-12-19)18-9-4-16-5-13-20(14-6-16)15(2)21/h16-18H,3-14H2,1-2H3. The van der Waals surface area contributed by atoms with Gasteiger partial charge in [0, 0.05) is 26.1 Å². The van der Waals surface area contributed by atoms with Crippen molar-refractivity contribution >= 4 is 5.91 Å². The van der Waals surface area contributed by atoms with E-state index in [-0.39, 0.29) is 5.91 Å². The van der Waals surface area contributed by atoms with Crippen LogP contribution in [0, 0.1) is 5.92 Å². The Hall–Kier alpha value is -0.610. The van der Waals surface area contributed by atoms with Crippen molar-refractivity contribution in [1.29, 1.82) is 0 Å². The van der Waals surface area contributed by atoms with Gasteiger partial charge < -0.3 is 15.1 Å². The SMILES string of the molecule is CCCN1CCC(NCCC2CCN(C(C)=O)CC2)CC1. The largest absolute Gasteiger partial charge is 0.343 e. The Morgan fingerprint density at radius 1 is 1.10 bits per heavy atom. The molecule has 0 saturated carbocycles. The molecule has 0 radical (unpaired) electrons. The predicted molar refractivity (Wildman–Crippen MR) is 87.4 cm³/mol. The monoisotopic (exact) mass is 295 g/mol. The molecule has 1 N–H and O–H groups in total. The Morgan fingerprint density at radius 3 is 2.33 bits per heavy atom. The van der Waals surface area contributed by atoms with Gasteiger partial charge in [0.2, 0.25) is 5.91 Å². The number of amides is 1. The molecule has 21 heavy (non-hydrogen) atoms. The Kier molecular flexibility index (Phi) is 6.97. The molecule has 0 aliphatic carbocycles. The number of piperidine rings is 2. The van der Waals surface area contributed by atoms with Crippen molar-refractivity contribution in [2.45, 2.75) is 58.4 Å². The van der Waals surface area contributed by atoms with Crippen molar-refractivity contribution in [2.24, 2.45) is 5.92 Å². The van der Waals surface area contributed by atoms with Gasteiger partial charge in [0.25, 0.3) is 0 Å². The second kappa shape index (κ2) is 8.74. The van der Waals surface area contributed by atoms with Crippen molar-refractivity contribution in [3.8, 4) is 0 Å². The van der Waals surface area contributed by atoms with Crippen molar-refractivity contribution in [1.82, 2.24) is 15.1 Å². The minimum atomic E-state index is 0.241. The molecular weight excluding hydrogens is 262 g/mol.